The van der Waals surface area contributed by atoms with Crippen molar-refractivity contribution in [3.63, 3.8) is 0 Å². The van der Waals surface area contributed by atoms with E-state index in [1.54, 1.807) is 6.07 Å². The standard InChI is InChI=1S/C11H15FN2/c1-6-4-10(13)9(12)5-8(6)11(14)7-2-3-7/h4-5,7,11H,2-3,13-14H2,1H3/t11-/m0/s1. The first kappa shape index (κ1) is 9.46. The van der Waals surface area contributed by atoms with Crippen molar-refractivity contribution >= 4 is 5.69 Å². The number of benzene rings is 1. The Morgan fingerprint density at radius 1 is 1.43 bits per heavy atom. The average molecular weight is 194 g/mol. The molecule has 1 saturated carbocycles. The van der Waals surface area contributed by atoms with Gasteiger partial charge in [0.1, 0.15) is 5.82 Å². The Hall–Kier alpha value is -1.09. The summed E-state index contributed by atoms with van der Waals surface area (Å²) >= 11 is 0. The Kier molecular flexibility index (Phi) is 2.19. The van der Waals surface area contributed by atoms with Gasteiger partial charge in [-0.1, -0.05) is 0 Å². The van der Waals surface area contributed by atoms with Crippen LogP contribution in [0.3, 0.4) is 0 Å². The Labute approximate surface area is 83.1 Å². The van der Waals surface area contributed by atoms with Crippen molar-refractivity contribution in [2.45, 2.75) is 25.8 Å². The van der Waals surface area contributed by atoms with Crippen molar-refractivity contribution < 1.29 is 4.39 Å². The van der Waals surface area contributed by atoms with E-state index in [1.165, 1.54) is 6.07 Å². The lowest BCUT2D eigenvalue weighted by Crippen LogP contribution is -2.14. The van der Waals surface area contributed by atoms with Gasteiger partial charge in [0.25, 0.3) is 0 Å². The molecule has 2 rings (SSSR count). The Morgan fingerprint density at radius 2 is 2.07 bits per heavy atom. The average Bonchev–Trinajstić information content (AvgIpc) is 2.93. The third kappa shape index (κ3) is 1.60. The molecule has 0 saturated heterocycles. The molecule has 0 radical (unpaired) electrons. The van der Waals surface area contributed by atoms with Gasteiger partial charge in [-0.2, -0.15) is 0 Å². The summed E-state index contributed by atoms with van der Waals surface area (Å²) in [6.07, 6.45) is 2.32. The molecular weight excluding hydrogens is 179 g/mol. The zero-order valence-electron chi connectivity index (χ0n) is 8.26. The second kappa shape index (κ2) is 3.24. The maximum absolute atomic E-state index is 13.2. The maximum Gasteiger partial charge on any atom is 0.146 e. The number of nitrogens with two attached hydrogens (primary N) is 2. The number of hydrogen-bond acceptors (Lipinski definition) is 2. The van der Waals surface area contributed by atoms with E-state index in [0.717, 1.165) is 24.0 Å². The van der Waals surface area contributed by atoms with Crippen LogP contribution in [0.15, 0.2) is 12.1 Å². The summed E-state index contributed by atoms with van der Waals surface area (Å²) in [5, 5.41) is 0. The van der Waals surface area contributed by atoms with E-state index in [4.69, 9.17) is 11.5 Å². The van der Waals surface area contributed by atoms with E-state index in [-0.39, 0.29) is 17.5 Å². The molecule has 1 aromatic rings. The topological polar surface area (TPSA) is 52.0 Å². The molecule has 0 bridgehead atoms. The van der Waals surface area contributed by atoms with Crippen molar-refractivity contribution in [1.82, 2.24) is 0 Å². The summed E-state index contributed by atoms with van der Waals surface area (Å²) in [6, 6.07) is 3.12. The van der Waals surface area contributed by atoms with Crippen molar-refractivity contribution in [1.29, 1.82) is 0 Å². The van der Waals surface area contributed by atoms with E-state index >= 15 is 0 Å². The van der Waals surface area contributed by atoms with Crippen LogP contribution in [0.25, 0.3) is 0 Å². The SMILES string of the molecule is Cc1cc(N)c(F)cc1[C@@H](N)C1CC1. The minimum absolute atomic E-state index is 0.0231. The molecule has 1 aromatic carbocycles. The van der Waals surface area contributed by atoms with Crippen LogP contribution < -0.4 is 11.5 Å². The first-order valence-corrected chi connectivity index (χ1v) is 4.90. The quantitative estimate of drug-likeness (QED) is 0.708. The predicted octanol–water partition coefficient (Wildman–Crippen LogP) is 2.13. The van der Waals surface area contributed by atoms with Gasteiger partial charge in [0, 0.05) is 6.04 Å². The summed E-state index contributed by atoms with van der Waals surface area (Å²) < 4.78 is 13.2. The Morgan fingerprint density at radius 3 is 2.64 bits per heavy atom. The predicted molar refractivity (Wildman–Crippen MR) is 55.2 cm³/mol. The molecule has 0 unspecified atom stereocenters. The molecule has 4 N–H and O–H groups in total. The van der Waals surface area contributed by atoms with Crippen LogP contribution in [0.1, 0.15) is 30.0 Å². The molecule has 0 heterocycles. The number of halogens is 1. The molecule has 2 nitrogen and oxygen atoms in total. The second-order valence-electron chi connectivity index (χ2n) is 4.09. The molecule has 0 aromatic heterocycles. The smallest absolute Gasteiger partial charge is 0.146 e. The minimum Gasteiger partial charge on any atom is -0.396 e. The van der Waals surface area contributed by atoms with Crippen LogP contribution in [0.5, 0.6) is 0 Å². The highest BCUT2D eigenvalue weighted by molar-refractivity contribution is 5.47. The van der Waals surface area contributed by atoms with Gasteiger partial charge in [0.05, 0.1) is 5.69 Å². The molecule has 0 amide bonds. The highest BCUT2D eigenvalue weighted by atomic mass is 19.1. The first-order chi connectivity index (χ1) is 6.59. The zero-order chi connectivity index (χ0) is 10.3. The summed E-state index contributed by atoms with van der Waals surface area (Å²) in [6.45, 7) is 1.92. The minimum atomic E-state index is -0.360. The first-order valence-electron chi connectivity index (χ1n) is 4.90. The lowest BCUT2D eigenvalue weighted by molar-refractivity contribution is 0.602. The van der Waals surface area contributed by atoms with Crippen LogP contribution >= 0.6 is 0 Å². The lowest BCUT2D eigenvalue weighted by atomic mass is 9.98. The Balaban J connectivity index is 2.36. The van der Waals surface area contributed by atoms with Crippen LogP contribution in [0.2, 0.25) is 0 Å². The molecule has 0 spiro atoms. The van der Waals surface area contributed by atoms with E-state index in [0.29, 0.717) is 5.92 Å². The number of aryl methyl sites for hydroxylation is 1. The maximum atomic E-state index is 13.2. The van der Waals surface area contributed by atoms with Crippen molar-refractivity contribution in [3.05, 3.63) is 29.1 Å². The number of hydrogen-bond donors (Lipinski definition) is 2. The van der Waals surface area contributed by atoms with Crippen molar-refractivity contribution in [2.24, 2.45) is 11.7 Å². The fourth-order valence-corrected chi connectivity index (χ4v) is 1.79. The third-order valence-corrected chi connectivity index (χ3v) is 2.87. The number of nitrogen functional groups attached to an aromatic ring is 1. The van der Waals surface area contributed by atoms with E-state index in [9.17, 15) is 4.39 Å². The monoisotopic (exact) mass is 194 g/mol. The van der Waals surface area contributed by atoms with E-state index in [2.05, 4.69) is 0 Å². The molecule has 76 valence electrons. The van der Waals surface area contributed by atoms with Crippen LogP contribution in [-0.2, 0) is 0 Å². The van der Waals surface area contributed by atoms with Crippen LogP contribution in [0, 0.1) is 18.7 Å². The highest BCUT2D eigenvalue weighted by Crippen LogP contribution is 2.40. The summed E-state index contributed by atoms with van der Waals surface area (Å²) in [7, 11) is 0. The van der Waals surface area contributed by atoms with Gasteiger partial charge >= 0.3 is 0 Å². The van der Waals surface area contributed by atoms with E-state index < -0.39 is 0 Å². The highest BCUT2D eigenvalue weighted by Gasteiger charge is 2.30. The molecular formula is C11H15FN2. The summed E-state index contributed by atoms with van der Waals surface area (Å²) in [5.41, 5.74) is 13.6. The van der Waals surface area contributed by atoms with Crippen LogP contribution in [0.4, 0.5) is 10.1 Å². The molecule has 1 aliphatic carbocycles. The lowest BCUT2D eigenvalue weighted by Gasteiger charge is -2.14. The van der Waals surface area contributed by atoms with Crippen molar-refractivity contribution in [2.75, 3.05) is 5.73 Å². The van der Waals surface area contributed by atoms with Crippen molar-refractivity contribution in [3.8, 4) is 0 Å². The number of rotatable bonds is 2. The molecule has 1 aliphatic rings. The molecule has 1 atom stereocenters. The summed E-state index contributed by atoms with van der Waals surface area (Å²) in [5.74, 6) is 0.179. The normalized spacial score (nSPS) is 18.2. The molecule has 1 fully saturated rings. The van der Waals surface area contributed by atoms with Crippen LogP contribution in [-0.4, -0.2) is 0 Å². The molecule has 14 heavy (non-hydrogen) atoms. The van der Waals surface area contributed by atoms with Gasteiger partial charge < -0.3 is 11.5 Å². The van der Waals surface area contributed by atoms with Gasteiger partial charge in [-0.3, -0.25) is 0 Å². The largest absolute Gasteiger partial charge is 0.396 e. The third-order valence-electron chi connectivity index (χ3n) is 2.87. The molecule has 0 aliphatic heterocycles. The Bertz CT molecular complexity index is 359. The fourth-order valence-electron chi connectivity index (χ4n) is 1.79. The summed E-state index contributed by atoms with van der Waals surface area (Å²) in [4.78, 5) is 0. The van der Waals surface area contributed by atoms with Gasteiger partial charge in [-0.05, 0) is 48.9 Å². The van der Waals surface area contributed by atoms with Gasteiger partial charge in [-0.25, -0.2) is 4.39 Å². The second-order valence-corrected chi connectivity index (χ2v) is 4.09. The fraction of sp³-hybridized carbons (Fsp3) is 0.455. The van der Waals surface area contributed by atoms with Gasteiger partial charge in [0.15, 0.2) is 0 Å². The number of anilines is 1. The van der Waals surface area contributed by atoms with E-state index in [1.807, 2.05) is 6.92 Å². The molecule has 3 heteroatoms. The zero-order valence-corrected chi connectivity index (χ0v) is 8.26. The van der Waals surface area contributed by atoms with Gasteiger partial charge in [-0.15, -0.1) is 0 Å². The van der Waals surface area contributed by atoms with Gasteiger partial charge in [0.2, 0.25) is 0 Å².